The number of aromatic nitrogens is 2. The number of nitrogens with zero attached hydrogens (tertiary/aromatic N) is 4. The third-order valence-corrected chi connectivity index (χ3v) is 7.02. The Hall–Kier alpha value is -4.06. The fraction of sp³-hybridized carbons (Fsp3) is 0.500. The lowest BCUT2D eigenvalue weighted by molar-refractivity contribution is -0.138. The summed E-state index contributed by atoms with van der Waals surface area (Å²) in [4.78, 5) is 62.6. The van der Waals surface area contributed by atoms with Crippen molar-refractivity contribution in [3.8, 4) is 11.4 Å². The minimum Gasteiger partial charge on any atom is -0.481 e. The molecule has 0 unspecified atom stereocenters. The Kier molecular flexibility index (Phi) is 10.0. The number of hydrogen-bond donors (Lipinski definition) is 2. The van der Waals surface area contributed by atoms with Crippen LogP contribution in [0.4, 0.5) is 4.79 Å². The van der Waals surface area contributed by atoms with Crippen molar-refractivity contribution in [2.75, 3.05) is 46.0 Å². The maximum Gasteiger partial charge on any atom is 0.409 e. The molecular weight excluding hydrogens is 518 g/mol. The molecule has 3 heterocycles. The quantitative estimate of drug-likeness (QED) is 0.477. The van der Waals surface area contributed by atoms with E-state index in [9.17, 15) is 24.3 Å². The summed E-state index contributed by atoms with van der Waals surface area (Å²) in [5.41, 5.74) is 1.59. The number of amides is 3. The smallest absolute Gasteiger partial charge is 0.409 e. The number of carbonyl (C=O) groups excluding carboxylic acids is 3. The van der Waals surface area contributed by atoms with Crippen molar-refractivity contribution in [3.05, 3.63) is 47.8 Å². The number of benzene rings is 1. The molecule has 40 heavy (non-hydrogen) atoms. The molecule has 214 valence electrons. The van der Waals surface area contributed by atoms with Crippen molar-refractivity contribution in [1.82, 2.24) is 25.1 Å². The maximum atomic E-state index is 13.5. The first-order valence-corrected chi connectivity index (χ1v) is 13.6. The van der Waals surface area contributed by atoms with E-state index in [-0.39, 0.29) is 57.2 Å². The van der Waals surface area contributed by atoms with Gasteiger partial charge in [0.05, 0.1) is 6.61 Å². The standard InChI is InChI=1S/C28H35N5O7/c1-2-40-28(38)33-14-12-32(13-15-33)27(37)21(8-9-24(34)35)31-26(36)23-18-22(19-10-16-39-17-11-19)29-25(30-23)20-6-4-3-5-7-20/h3-7,18-19,21H,2,8-17H2,1H3,(H,31,36)(H,34,35)/t21-/m0/s1. The van der Waals surface area contributed by atoms with Gasteiger partial charge in [0.1, 0.15) is 11.7 Å². The lowest BCUT2D eigenvalue weighted by Crippen LogP contribution is -2.56. The number of aliphatic carboxylic acids is 1. The maximum absolute atomic E-state index is 13.5. The third-order valence-electron chi connectivity index (χ3n) is 7.02. The van der Waals surface area contributed by atoms with Crippen LogP contribution in [-0.4, -0.2) is 101 Å². The average molecular weight is 554 g/mol. The molecular formula is C28H35N5O7. The molecule has 1 atom stereocenters. The van der Waals surface area contributed by atoms with Crippen LogP contribution < -0.4 is 5.32 Å². The van der Waals surface area contributed by atoms with Gasteiger partial charge in [0.2, 0.25) is 5.91 Å². The van der Waals surface area contributed by atoms with Crippen molar-refractivity contribution in [3.63, 3.8) is 0 Å². The fourth-order valence-electron chi connectivity index (χ4n) is 4.80. The van der Waals surface area contributed by atoms with Gasteiger partial charge in [-0.2, -0.15) is 0 Å². The van der Waals surface area contributed by atoms with E-state index in [2.05, 4.69) is 10.3 Å². The van der Waals surface area contributed by atoms with Crippen LogP contribution in [-0.2, 0) is 19.1 Å². The summed E-state index contributed by atoms with van der Waals surface area (Å²) >= 11 is 0. The van der Waals surface area contributed by atoms with Crippen LogP contribution in [0.1, 0.15) is 54.7 Å². The van der Waals surface area contributed by atoms with E-state index in [1.54, 1.807) is 13.0 Å². The molecule has 0 spiro atoms. The second-order valence-electron chi connectivity index (χ2n) is 9.72. The number of ether oxygens (including phenoxy) is 2. The van der Waals surface area contributed by atoms with Crippen LogP contribution in [0, 0.1) is 0 Å². The molecule has 2 fully saturated rings. The molecule has 3 amide bonds. The van der Waals surface area contributed by atoms with E-state index in [0.29, 0.717) is 19.0 Å². The molecule has 0 saturated carbocycles. The summed E-state index contributed by atoms with van der Waals surface area (Å²) in [6, 6.07) is 9.90. The number of carbonyl (C=O) groups is 4. The molecule has 0 bridgehead atoms. The van der Waals surface area contributed by atoms with Gasteiger partial charge in [0, 0.05) is 63.0 Å². The van der Waals surface area contributed by atoms with E-state index in [4.69, 9.17) is 14.5 Å². The van der Waals surface area contributed by atoms with Gasteiger partial charge in [0.15, 0.2) is 5.82 Å². The Morgan fingerprint density at radius 2 is 1.73 bits per heavy atom. The van der Waals surface area contributed by atoms with Crippen LogP contribution in [0.15, 0.2) is 36.4 Å². The highest BCUT2D eigenvalue weighted by Gasteiger charge is 2.31. The molecule has 2 aromatic rings. The largest absolute Gasteiger partial charge is 0.481 e. The minimum atomic E-state index is -1.07. The Morgan fingerprint density at radius 1 is 1.05 bits per heavy atom. The Labute approximate surface area is 232 Å². The van der Waals surface area contributed by atoms with Crippen molar-refractivity contribution >= 4 is 23.9 Å². The van der Waals surface area contributed by atoms with Gasteiger partial charge in [-0.25, -0.2) is 14.8 Å². The minimum absolute atomic E-state index is 0.0819. The molecule has 1 aromatic heterocycles. The molecule has 12 nitrogen and oxygen atoms in total. The van der Waals surface area contributed by atoms with Gasteiger partial charge in [0.25, 0.3) is 5.91 Å². The summed E-state index contributed by atoms with van der Waals surface area (Å²) in [5.74, 6) is -1.56. The summed E-state index contributed by atoms with van der Waals surface area (Å²) in [6.07, 6.45) is 0.713. The number of nitrogens with one attached hydrogen (secondary N) is 1. The van der Waals surface area contributed by atoms with Gasteiger partial charge in [-0.3, -0.25) is 14.4 Å². The highest BCUT2D eigenvalue weighted by atomic mass is 16.6. The molecule has 0 aliphatic carbocycles. The highest BCUT2D eigenvalue weighted by Crippen LogP contribution is 2.28. The van der Waals surface area contributed by atoms with Crippen molar-refractivity contribution in [1.29, 1.82) is 0 Å². The second-order valence-corrected chi connectivity index (χ2v) is 9.72. The van der Waals surface area contributed by atoms with Crippen LogP contribution in [0.3, 0.4) is 0 Å². The van der Waals surface area contributed by atoms with Gasteiger partial charge >= 0.3 is 12.1 Å². The highest BCUT2D eigenvalue weighted by molar-refractivity contribution is 5.96. The van der Waals surface area contributed by atoms with Crippen LogP contribution in [0.25, 0.3) is 11.4 Å². The predicted molar refractivity (Wildman–Crippen MR) is 144 cm³/mol. The van der Waals surface area contributed by atoms with Crippen molar-refractivity contribution < 1.29 is 33.8 Å². The first-order valence-electron chi connectivity index (χ1n) is 13.6. The van der Waals surface area contributed by atoms with Gasteiger partial charge in [-0.15, -0.1) is 0 Å². The van der Waals surface area contributed by atoms with Crippen molar-refractivity contribution in [2.45, 2.75) is 44.6 Å². The zero-order chi connectivity index (χ0) is 28.5. The molecule has 0 radical (unpaired) electrons. The Bertz CT molecular complexity index is 1190. The number of carboxylic acid groups (broad SMARTS) is 1. The zero-order valence-corrected chi connectivity index (χ0v) is 22.6. The summed E-state index contributed by atoms with van der Waals surface area (Å²) in [7, 11) is 0. The second kappa shape index (κ2) is 13.8. The Morgan fingerprint density at radius 3 is 2.38 bits per heavy atom. The SMILES string of the molecule is CCOC(=O)N1CCN(C(=O)[C@H](CCC(=O)O)NC(=O)c2cc(C3CCOCC3)nc(-c3ccccc3)n2)CC1. The van der Waals surface area contributed by atoms with E-state index >= 15 is 0 Å². The van der Waals surface area contributed by atoms with E-state index in [0.717, 1.165) is 24.1 Å². The first-order chi connectivity index (χ1) is 19.4. The average Bonchev–Trinajstić information content (AvgIpc) is 2.99. The molecule has 4 rings (SSSR count). The molecule has 2 aliphatic heterocycles. The first kappa shape index (κ1) is 28.9. The number of hydrogen-bond acceptors (Lipinski definition) is 8. The van der Waals surface area contributed by atoms with Gasteiger partial charge < -0.3 is 29.7 Å². The lowest BCUT2D eigenvalue weighted by atomic mass is 9.95. The van der Waals surface area contributed by atoms with E-state index < -0.39 is 29.9 Å². The van der Waals surface area contributed by atoms with E-state index in [1.165, 1.54) is 9.80 Å². The summed E-state index contributed by atoms with van der Waals surface area (Å²) in [5, 5.41) is 12.0. The normalized spacial score (nSPS) is 16.7. The van der Waals surface area contributed by atoms with Gasteiger partial charge in [-0.1, -0.05) is 30.3 Å². The van der Waals surface area contributed by atoms with Crippen molar-refractivity contribution in [2.24, 2.45) is 0 Å². The molecule has 2 aliphatic rings. The van der Waals surface area contributed by atoms with Gasteiger partial charge in [-0.05, 0) is 32.3 Å². The number of piperazine rings is 1. The molecule has 1 aromatic carbocycles. The molecule has 12 heteroatoms. The zero-order valence-electron chi connectivity index (χ0n) is 22.6. The third kappa shape index (κ3) is 7.53. The Balaban J connectivity index is 1.54. The van der Waals surface area contributed by atoms with E-state index in [1.807, 2.05) is 30.3 Å². The van der Waals surface area contributed by atoms with Crippen LogP contribution in [0.5, 0.6) is 0 Å². The fourth-order valence-corrected chi connectivity index (χ4v) is 4.80. The number of carboxylic acids is 1. The summed E-state index contributed by atoms with van der Waals surface area (Å²) < 4.78 is 10.5. The molecule has 2 N–H and O–H groups in total. The number of rotatable bonds is 9. The lowest BCUT2D eigenvalue weighted by Gasteiger charge is -2.35. The molecule has 2 saturated heterocycles. The van der Waals surface area contributed by atoms with Crippen LogP contribution in [0.2, 0.25) is 0 Å². The summed E-state index contributed by atoms with van der Waals surface area (Å²) in [6.45, 7) is 4.24. The van der Waals surface area contributed by atoms with Crippen LogP contribution >= 0.6 is 0 Å². The predicted octanol–water partition coefficient (Wildman–Crippen LogP) is 2.30. The monoisotopic (exact) mass is 553 g/mol. The topological polar surface area (TPSA) is 151 Å².